The molecule has 0 fully saturated rings. The number of benzene rings is 1. The van der Waals surface area contributed by atoms with Crippen LogP contribution in [0.25, 0.3) is 22.2 Å². The lowest BCUT2D eigenvalue weighted by molar-refractivity contribution is 0.895. The van der Waals surface area contributed by atoms with Gasteiger partial charge in [0.25, 0.3) is 0 Å². The van der Waals surface area contributed by atoms with E-state index in [0.717, 1.165) is 29.0 Å². The van der Waals surface area contributed by atoms with Gasteiger partial charge in [-0.25, -0.2) is 4.98 Å². The Kier molecular flexibility index (Phi) is 2.64. The maximum Gasteiger partial charge on any atom is 0.107 e. The van der Waals surface area contributed by atoms with E-state index in [9.17, 15) is 0 Å². The van der Waals surface area contributed by atoms with Gasteiger partial charge >= 0.3 is 0 Å². The number of H-pyrrole nitrogens is 2. The van der Waals surface area contributed by atoms with Crippen LogP contribution in [0.1, 0.15) is 11.4 Å². The predicted molar refractivity (Wildman–Crippen MR) is 73.4 cm³/mol. The minimum atomic E-state index is 0.611. The summed E-state index contributed by atoms with van der Waals surface area (Å²) in [7, 11) is 0. The van der Waals surface area contributed by atoms with Crippen molar-refractivity contribution in [1.29, 1.82) is 0 Å². The van der Waals surface area contributed by atoms with E-state index >= 15 is 0 Å². The van der Waals surface area contributed by atoms with Crippen molar-refractivity contribution in [2.75, 3.05) is 6.54 Å². The molecule has 92 valence electrons. The Balaban J connectivity index is 2.09. The molecule has 0 aliphatic rings. The minimum absolute atomic E-state index is 0.611. The summed E-state index contributed by atoms with van der Waals surface area (Å²) >= 11 is 0. The third-order valence-electron chi connectivity index (χ3n) is 3.14. The first kappa shape index (κ1) is 11.0. The van der Waals surface area contributed by atoms with Crippen molar-refractivity contribution in [1.82, 2.24) is 15.0 Å². The molecule has 0 amide bonds. The first-order valence-corrected chi connectivity index (χ1v) is 6.10. The second-order valence-corrected chi connectivity index (χ2v) is 4.53. The van der Waals surface area contributed by atoms with Crippen molar-refractivity contribution in [2.45, 2.75) is 13.3 Å². The first-order valence-electron chi connectivity index (χ1n) is 6.10. The quantitative estimate of drug-likeness (QED) is 0.657. The van der Waals surface area contributed by atoms with E-state index in [2.05, 4.69) is 40.1 Å². The Hall–Kier alpha value is -2.07. The summed E-state index contributed by atoms with van der Waals surface area (Å²) in [5.41, 5.74) is 10.1. The second kappa shape index (κ2) is 4.31. The van der Waals surface area contributed by atoms with Gasteiger partial charge in [-0.2, -0.15) is 0 Å². The van der Waals surface area contributed by atoms with E-state index in [1.54, 1.807) is 0 Å². The zero-order valence-corrected chi connectivity index (χ0v) is 10.3. The van der Waals surface area contributed by atoms with Gasteiger partial charge in [-0.1, -0.05) is 11.6 Å². The molecule has 0 saturated carbocycles. The Labute approximate surface area is 105 Å². The normalized spacial score (nSPS) is 11.2. The number of aromatic nitrogens is 3. The molecule has 4 heteroatoms. The van der Waals surface area contributed by atoms with Crippen LogP contribution in [0.4, 0.5) is 0 Å². The predicted octanol–water partition coefficient (Wildman–Crippen LogP) is 2.37. The highest BCUT2D eigenvalue weighted by molar-refractivity contribution is 5.94. The van der Waals surface area contributed by atoms with Gasteiger partial charge < -0.3 is 15.7 Å². The fraction of sp³-hybridized carbons (Fsp3) is 0.214. The highest BCUT2D eigenvalue weighted by Crippen LogP contribution is 2.28. The maximum absolute atomic E-state index is 5.53. The summed E-state index contributed by atoms with van der Waals surface area (Å²) < 4.78 is 0. The molecule has 0 atom stereocenters. The number of hydrogen-bond donors (Lipinski definition) is 3. The lowest BCUT2D eigenvalue weighted by atomic mass is 10.1. The molecule has 2 aromatic heterocycles. The van der Waals surface area contributed by atoms with Crippen LogP contribution in [-0.4, -0.2) is 21.5 Å². The Bertz CT molecular complexity index is 678. The molecule has 0 bridgehead atoms. The summed E-state index contributed by atoms with van der Waals surface area (Å²) in [5.74, 6) is 0.939. The molecule has 0 unspecified atom stereocenters. The van der Waals surface area contributed by atoms with Gasteiger partial charge in [0.05, 0.1) is 11.9 Å². The van der Waals surface area contributed by atoms with Crippen molar-refractivity contribution in [3.63, 3.8) is 0 Å². The fourth-order valence-electron chi connectivity index (χ4n) is 2.22. The lowest BCUT2D eigenvalue weighted by Crippen LogP contribution is -2.03. The second-order valence-electron chi connectivity index (χ2n) is 4.53. The molecular formula is C14H16N4. The molecule has 3 aromatic rings. The zero-order valence-electron chi connectivity index (χ0n) is 10.3. The number of hydrogen-bond acceptors (Lipinski definition) is 2. The van der Waals surface area contributed by atoms with Crippen LogP contribution in [0, 0.1) is 6.92 Å². The van der Waals surface area contributed by atoms with Gasteiger partial charge in [-0.15, -0.1) is 0 Å². The molecule has 4 N–H and O–H groups in total. The van der Waals surface area contributed by atoms with Crippen LogP contribution < -0.4 is 5.73 Å². The number of imidazole rings is 1. The van der Waals surface area contributed by atoms with Gasteiger partial charge in [0, 0.05) is 29.1 Å². The molecule has 0 radical (unpaired) electrons. The number of aryl methyl sites for hydroxylation is 1. The number of nitrogens with one attached hydrogen (secondary N) is 2. The molecule has 2 heterocycles. The zero-order chi connectivity index (χ0) is 12.5. The number of nitrogens with zero attached hydrogens (tertiary/aromatic N) is 1. The van der Waals surface area contributed by atoms with E-state index < -0.39 is 0 Å². The number of nitrogens with two attached hydrogens (primary N) is 1. The minimum Gasteiger partial charge on any atom is -0.360 e. The molecule has 1 aromatic carbocycles. The van der Waals surface area contributed by atoms with Crippen LogP contribution in [0.5, 0.6) is 0 Å². The van der Waals surface area contributed by atoms with Crippen LogP contribution in [0.15, 0.2) is 30.6 Å². The van der Waals surface area contributed by atoms with Crippen LogP contribution in [0.3, 0.4) is 0 Å². The molecule has 0 saturated heterocycles. The topological polar surface area (TPSA) is 70.5 Å². The molecule has 0 spiro atoms. The van der Waals surface area contributed by atoms with E-state index in [-0.39, 0.29) is 0 Å². The molecule has 0 aliphatic carbocycles. The Morgan fingerprint density at radius 1 is 1.33 bits per heavy atom. The molecule has 4 nitrogen and oxygen atoms in total. The monoisotopic (exact) mass is 240 g/mol. The number of fused-ring (bicyclic) bond motifs is 1. The smallest absolute Gasteiger partial charge is 0.107 e. The van der Waals surface area contributed by atoms with Gasteiger partial charge in [0.1, 0.15) is 5.82 Å². The van der Waals surface area contributed by atoms with E-state index in [1.165, 1.54) is 10.9 Å². The molecule has 18 heavy (non-hydrogen) atoms. The average Bonchev–Trinajstić information content (AvgIpc) is 2.95. The summed E-state index contributed by atoms with van der Waals surface area (Å²) in [6, 6.07) is 6.39. The van der Waals surface area contributed by atoms with Crippen molar-refractivity contribution in [2.24, 2.45) is 5.73 Å². The highest BCUT2D eigenvalue weighted by Gasteiger charge is 2.08. The van der Waals surface area contributed by atoms with Gasteiger partial charge in [0.2, 0.25) is 0 Å². The van der Waals surface area contributed by atoms with Crippen molar-refractivity contribution < 1.29 is 0 Å². The summed E-state index contributed by atoms with van der Waals surface area (Å²) in [5, 5.41) is 1.22. The van der Waals surface area contributed by atoms with Crippen LogP contribution in [0.2, 0.25) is 0 Å². The van der Waals surface area contributed by atoms with Crippen molar-refractivity contribution in [3.05, 3.63) is 42.0 Å². The number of aromatic amines is 2. The SMILES string of the molecule is Cc1ccc2[nH]cc(-c3cnc(CCN)[nH]3)c2c1. The summed E-state index contributed by atoms with van der Waals surface area (Å²) in [4.78, 5) is 10.9. The summed E-state index contributed by atoms with van der Waals surface area (Å²) in [6.07, 6.45) is 4.67. The summed E-state index contributed by atoms with van der Waals surface area (Å²) in [6.45, 7) is 2.71. The Morgan fingerprint density at radius 2 is 2.22 bits per heavy atom. The van der Waals surface area contributed by atoms with Crippen molar-refractivity contribution in [3.8, 4) is 11.3 Å². The van der Waals surface area contributed by atoms with E-state index in [4.69, 9.17) is 5.73 Å². The highest BCUT2D eigenvalue weighted by atomic mass is 14.9. The average molecular weight is 240 g/mol. The van der Waals surface area contributed by atoms with E-state index in [1.807, 2.05) is 12.4 Å². The molecule has 0 aliphatic heterocycles. The van der Waals surface area contributed by atoms with Gasteiger partial charge in [-0.05, 0) is 25.6 Å². The third-order valence-corrected chi connectivity index (χ3v) is 3.14. The third kappa shape index (κ3) is 1.80. The van der Waals surface area contributed by atoms with Gasteiger partial charge in [-0.3, -0.25) is 0 Å². The van der Waals surface area contributed by atoms with Crippen LogP contribution >= 0.6 is 0 Å². The lowest BCUT2D eigenvalue weighted by Gasteiger charge is -1.97. The van der Waals surface area contributed by atoms with E-state index in [0.29, 0.717) is 6.54 Å². The van der Waals surface area contributed by atoms with Gasteiger partial charge in [0.15, 0.2) is 0 Å². The maximum atomic E-state index is 5.53. The standard InChI is InChI=1S/C14H16N4/c1-9-2-3-12-10(6-9)11(7-16-12)13-8-17-14(18-13)4-5-15/h2-3,6-8,16H,4-5,15H2,1H3,(H,17,18). The van der Waals surface area contributed by atoms with Crippen molar-refractivity contribution >= 4 is 10.9 Å². The molecule has 3 rings (SSSR count). The first-order chi connectivity index (χ1) is 8.78. The fourth-order valence-corrected chi connectivity index (χ4v) is 2.22. The molecular weight excluding hydrogens is 224 g/mol. The van der Waals surface area contributed by atoms with Crippen LogP contribution in [-0.2, 0) is 6.42 Å². The number of rotatable bonds is 3. The Morgan fingerprint density at radius 3 is 3.06 bits per heavy atom. The largest absolute Gasteiger partial charge is 0.360 e.